The summed E-state index contributed by atoms with van der Waals surface area (Å²) >= 11 is 0. The van der Waals surface area contributed by atoms with Crippen molar-refractivity contribution in [3.05, 3.63) is 59.4 Å². The van der Waals surface area contributed by atoms with Crippen LogP contribution in [0.25, 0.3) is 0 Å². The van der Waals surface area contributed by atoms with Crippen molar-refractivity contribution in [1.29, 1.82) is 0 Å². The lowest BCUT2D eigenvalue weighted by Gasteiger charge is -2.32. The van der Waals surface area contributed by atoms with Crippen LogP contribution in [0, 0.1) is 6.92 Å². The molecule has 2 aromatic rings. The summed E-state index contributed by atoms with van der Waals surface area (Å²) in [6, 6.07) is 12.5. The molecule has 1 atom stereocenters. The van der Waals surface area contributed by atoms with E-state index in [-0.39, 0.29) is 12.1 Å². The van der Waals surface area contributed by atoms with Crippen molar-refractivity contribution in [2.24, 2.45) is 0 Å². The molecule has 0 aliphatic carbocycles. The Labute approximate surface area is 141 Å². The van der Waals surface area contributed by atoms with Gasteiger partial charge >= 0.3 is 6.09 Å². The Morgan fingerprint density at radius 1 is 1.29 bits per heavy atom. The van der Waals surface area contributed by atoms with Crippen molar-refractivity contribution in [1.82, 2.24) is 9.88 Å². The van der Waals surface area contributed by atoms with Crippen LogP contribution in [0.1, 0.15) is 23.2 Å². The van der Waals surface area contributed by atoms with E-state index in [4.69, 9.17) is 4.74 Å². The standard InChI is InChI=1S/C19H21N3O2/c1-14-5-6-15-11-21(12-16-4-2-3-8-20-16)9-7-17-13-24-19(23)22(17)18(15)10-14/h2-6,8,10,17H,7,9,11-13H2,1H3. The second-order valence-electron chi connectivity index (χ2n) is 6.55. The van der Waals surface area contributed by atoms with Gasteiger partial charge in [0.05, 0.1) is 17.4 Å². The average molecular weight is 323 g/mol. The zero-order valence-corrected chi connectivity index (χ0v) is 13.8. The first-order valence-corrected chi connectivity index (χ1v) is 8.38. The molecule has 1 aromatic carbocycles. The molecule has 1 amide bonds. The van der Waals surface area contributed by atoms with Crippen molar-refractivity contribution in [3.63, 3.8) is 0 Å². The Balaban J connectivity index is 1.66. The third-order valence-electron chi connectivity index (χ3n) is 4.75. The number of rotatable bonds is 2. The second-order valence-corrected chi connectivity index (χ2v) is 6.55. The fraction of sp³-hybridized carbons (Fsp3) is 0.368. The van der Waals surface area contributed by atoms with Gasteiger partial charge < -0.3 is 4.74 Å². The van der Waals surface area contributed by atoms with E-state index in [9.17, 15) is 4.79 Å². The van der Waals surface area contributed by atoms with Crippen molar-refractivity contribution in [2.75, 3.05) is 18.1 Å². The zero-order chi connectivity index (χ0) is 16.5. The van der Waals surface area contributed by atoms with E-state index < -0.39 is 0 Å². The lowest BCUT2D eigenvalue weighted by molar-refractivity contribution is 0.177. The number of carbonyl (C=O) groups excluding carboxylic acids is 1. The summed E-state index contributed by atoms with van der Waals surface area (Å²) in [6.07, 6.45) is 2.53. The number of hydrogen-bond acceptors (Lipinski definition) is 4. The maximum absolute atomic E-state index is 12.2. The van der Waals surface area contributed by atoms with E-state index >= 15 is 0 Å². The molecule has 0 saturated carbocycles. The number of nitrogens with zero attached hydrogens (tertiary/aromatic N) is 3. The van der Waals surface area contributed by atoms with E-state index in [0.717, 1.165) is 43.0 Å². The number of carbonyl (C=O) groups is 1. The summed E-state index contributed by atoms with van der Waals surface area (Å²) in [6.45, 7) is 5.07. The Hall–Kier alpha value is -2.40. The summed E-state index contributed by atoms with van der Waals surface area (Å²) in [4.78, 5) is 20.9. The molecule has 0 N–H and O–H groups in total. The topological polar surface area (TPSA) is 45.7 Å². The van der Waals surface area contributed by atoms with Gasteiger partial charge in [0.2, 0.25) is 0 Å². The predicted octanol–water partition coefficient (Wildman–Crippen LogP) is 3.12. The van der Waals surface area contributed by atoms with E-state index in [1.54, 1.807) is 0 Å². The fourth-order valence-corrected chi connectivity index (χ4v) is 3.51. The highest BCUT2D eigenvalue weighted by molar-refractivity contribution is 5.91. The molecule has 124 valence electrons. The van der Waals surface area contributed by atoms with Crippen molar-refractivity contribution < 1.29 is 9.53 Å². The highest BCUT2D eigenvalue weighted by Crippen LogP contribution is 2.32. The van der Waals surface area contributed by atoms with Crippen molar-refractivity contribution >= 4 is 11.8 Å². The van der Waals surface area contributed by atoms with Gasteiger partial charge in [-0.1, -0.05) is 18.2 Å². The Morgan fingerprint density at radius 3 is 3.04 bits per heavy atom. The lowest BCUT2D eigenvalue weighted by Crippen LogP contribution is -2.40. The van der Waals surface area contributed by atoms with Gasteiger partial charge in [-0.05, 0) is 42.7 Å². The lowest BCUT2D eigenvalue weighted by atomic mass is 10.0. The smallest absolute Gasteiger partial charge is 0.414 e. The monoisotopic (exact) mass is 323 g/mol. The van der Waals surface area contributed by atoms with Crippen LogP contribution in [-0.2, 0) is 17.8 Å². The summed E-state index contributed by atoms with van der Waals surface area (Å²) in [7, 11) is 0. The molecule has 4 rings (SSSR count). The number of aryl methyl sites for hydroxylation is 1. The number of cyclic esters (lactones) is 1. The fourth-order valence-electron chi connectivity index (χ4n) is 3.51. The third kappa shape index (κ3) is 2.87. The Kier molecular flexibility index (Phi) is 3.94. The number of ether oxygens (including phenoxy) is 1. The third-order valence-corrected chi connectivity index (χ3v) is 4.75. The van der Waals surface area contributed by atoms with E-state index in [1.807, 2.05) is 23.2 Å². The molecule has 0 bridgehead atoms. The molecule has 5 nitrogen and oxygen atoms in total. The number of fused-ring (bicyclic) bond motifs is 3. The first-order valence-electron chi connectivity index (χ1n) is 8.38. The minimum absolute atomic E-state index is 0.115. The highest BCUT2D eigenvalue weighted by atomic mass is 16.6. The summed E-state index contributed by atoms with van der Waals surface area (Å²) < 4.78 is 5.32. The number of hydrogen-bond donors (Lipinski definition) is 0. The van der Waals surface area contributed by atoms with Gasteiger partial charge in [0.25, 0.3) is 0 Å². The van der Waals surface area contributed by atoms with Crippen LogP contribution in [-0.4, -0.2) is 35.2 Å². The maximum Gasteiger partial charge on any atom is 0.414 e. The SMILES string of the molecule is Cc1ccc2c(c1)N1C(=O)OCC1CCN(Cc1ccccn1)C2. The summed E-state index contributed by atoms with van der Waals surface area (Å²) in [5.74, 6) is 0. The normalized spacial score (nSPS) is 20.8. The van der Waals surface area contributed by atoms with Crippen molar-refractivity contribution in [2.45, 2.75) is 32.5 Å². The maximum atomic E-state index is 12.2. The van der Waals surface area contributed by atoms with Gasteiger partial charge in [0.1, 0.15) is 6.61 Å². The minimum atomic E-state index is -0.218. The molecule has 0 spiro atoms. The van der Waals surface area contributed by atoms with Crippen LogP contribution < -0.4 is 4.90 Å². The molecule has 24 heavy (non-hydrogen) atoms. The van der Waals surface area contributed by atoms with Gasteiger partial charge in [-0.25, -0.2) is 4.79 Å². The second kappa shape index (κ2) is 6.24. The summed E-state index contributed by atoms with van der Waals surface area (Å²) in [5.41, 5.74) is 4.39. The van der Waals surface area contributed by atoms with Crippen LogP contribution in [0.5, 0.6) is 0 Å². The quantitative estimate of drug-likeness (QED) is 0.852. The van der Waals surface area contributed by atoms with E-state index in [1.165, 1.54) is 5.56 Å². The first-order chi connectivity index (χ1) is 11.7. The van der Waals surface area contributed by atoms with Gasteiger partial charge in [-0.2, -0.15) is 0 Å². The molecule has 1 saturated heterocycles. The summed E-state index contributed by atoms with van der Waals surface area (Å²) in [5, 5.41) is 0. The van der Waals surface area contributed by atoms with Crippen LogP contribution in [0.15, 0.2) is 42.6 Å². The van der Waals surface area contributed by atoms with Gasteiger partial charge in [0, 0.05) is 25.8 Å². The predicted molar refractivity (Wildman–Crippen MR) is 91.8 cm³/mol. The zero-order valence-electron chi connectivity index (χ0n) is 13.8. The van der Waals surface area contributed by atoms with E-state index in [2.05, 4.69) is 41.1 Å². The van der Waals surface area contributed by atoms with Crippen molar-refractivity contribution in [3.8, 4) is 0 Å². The molecule has 0 radical (unpaired) electrons. The molecule has 2 aliphatic heterocycles. The Morgan fingerprint density at radius 2 is 2.21 bits per heavy atom. The van der Waals surface area contributed by atoms with Crippen LogP contribution in [0.2, 0.25) is 0 Å². The molecule has 1 unspecified atom stereocenters. The van der Waals surface area contributed by atoms with Crippen LogP contribution in [0.3, 0.4) is 0 Å². The molecule has 1 fully saturated rings. The number of aromatic nitrogens is 1. The first kappa shape index (κ1) is 15.1. The molecule has 2 aliphatic rings. The number of anilines is 1. The minimum Gasteiger partial charge on any atom is -0.447 e. The largest absolute Gasteiger partial charge is 0.447 e. The van der Waals surface area contributed by atoms with E-state index in [0.29, 0.717) is 6.61 Å². The molecular weight excluding hydrogens is 302 g/mol. The Bertz CT molecular complexity index is 748. The molecule has 3 heterocycles. The van der Waals surface area contributed by atoms with Crippen LogP contribution >= 0.6 is 0 Å². The number of amides is 1. The average Bonchev–Trinajstić information content (AvgIpc) is 2.94. The van der Waals surface area contributed by atoms with Gasteiger partial charge in [-0.3, -0.25) is 14.8 Å². The van der Waals surface area contributed by atoms with Gasteiger partial charge in [0.15, 0.2) is 0 Å². The highest BCUT2D eigenvalue weighted by Gasteiger charge is 2.37. The van der Waals surface area contributed by atoms with Gasteiger partial charge in [-0.15, -0.1) is 0 Å². The molecular formula is C19H21N3O2. The number of benzene rings is 1. The molecule has 5 heteroatoms. The van der Waals surface area contributed by atoms with Crippen LogP contribution in [0.4, 0.5) is 10.5 Å². The number of pyridine rings is 1. The molecule has 1 aromatic heterocycles.